The van der Waals surface area contributed by atoms with E-state index in [1.54, 1.807) is 12.4 Å². The molecule has 0 aliphatic rings. The number of hydrogen-bond donors (Lipinski definition) is 3. The molecule has 0 unspecified atom stereocenters. The van der Waals surface area contributed by atoms with Crippen molar-refractivity contribution in [1.29, 1.82) is 0 Å². The van der Waals surface area contributed by atoms with Crippen LogP contribution < -0.4 is 11.1 Å². The summed E-state index contributed by atoms with van der Waals surface area (Å²) in [7, 11) is -5.09. The molecule has 13 aromatic rings. The number of carbonyl (C=O) groups is 2. The summed E-state index contributed by atoms with van der Waals surface area (Å²) in [4.78, 5) is 28.8. The maximum absolute atomic E-state index is 12.4. The number of hydrogen-bond acceptors (Lipinski definition) is 13. The Morgan fingerprint density at radius 1 is 0.505 bits per heavy atom. The van der Waals surface area contributed by atoms with Crippen molar-refractivity contribution in [1.82, 2.24) is 14.9 Å². The third-order valence-corrected chi connectivity index (χ3v) is 24.0. The standard InChI is InChI=1S/C25H33NO5Si.C19H14N2O2.C17H16.C15H12O.C9H23NO3Si.C5H8.CH3I/c1-4-29-32(30-5-2,31-6-3)17-11-16-26-25(27)28-19-24-22-14-9-7-12-20(22)18-21-13-8-10-15-23(21)24;22-19(21-10-9-20-13-21)23-12-18-16-7-3-1-5-14(16)11-15-6-2-4-8-17(15)18;1-12(2)17-15-9-5-3-7-13(15)11-14-8-4-6-10-16(14)17;16-10-15-13-7-3-1-5-11(13)9-12-6-2-4-8-14(12)15;1-4-11-14(12-5-2,13-6-3)9-7-8-10;1-4-5(2)3;1-2/h7-10,12-15,18H,4-6,11,16-17,19H2,1-3H3,(H,26,27);1-11,13H,12H2;3-12H,1-2H3;1-9,16H,10H2;4-10H2,1-3H3;1,5H,2-3H3;1H3/i;;;;;;1D. The smallest absolute Gasteiger partial charge is 0.445 e. The summed E-state index contributed by atoms with van der Waals surface area (Å²) < 4.78 is 53.1. The Kier molecular flexibility index (Phi) is 36.6. The van der Waals surface area contributed by atoms with Gasteiger partial charge >= 0.3 is 29.8 Å². The zero-order valence-electron chi connectivity index (χ0n) is 65.9. The van der Waals surface area contributed by atoms with Gasteiger partial charge in [0.05, 0.1) is 6.61 Å². The van der Waals surface area contributed by atoms with E-state index in [2.05, 4.69) is 176 Å². The molecule has 0 saturated heterocycles. The van der Waals surface area contributed by atoms with Crippen LogP contribution in [0.5, 0.6) is 0 Å². The summed E-state index contributed by atoms with van der Waals surface area (Å²) in [6.07, 6.45) is 10.2. The number of aliphatic hydroxyl groups excluding tert-OH is 1. The van der Waals surface area contributed by atoms with E-state index in [1.165, 1.54) is 48.8 Å². The molecule has 0 aliphatic carbocycles. The molecule has 0 bridgehead atoms. The van der Waals surface area contributed by atoms with Gasteiger partial charge in [-0.25, -0.2) is 19.1 Å². The number of rotatable bonds is 25. The molecule has 15 nitrogen and oxygen atoms in total. The van der Waals surface area contributed by atoms with E-state index in [-0.39, 0.29) is 19.8 Å². The number of aliphatic hydroxyl groups is 1. The summed E-state index contributed by atoms with van der Waals surface area (Å²) in [6, 6.07) is 76.6. The van der Waals surface area contributed by atoms with Crippen LogP contribution in [0.1, 0.15) is 112 Å². The second-order valence-electron chi connectivity index (χ2n) is 25.7. The number of halogens is 1. The van der Waals surface area contributed by atoms with E-state index >= 15 is 0 Å². The Bertz CT molecular complexity index is 4750. The van der Waals surface area contributed by atoms with E-state index < -0.39 is 29.8 Å². The second kappa shape index (κ2) is 46.6. The van der Waals surface area contributed by atoms with E-state index in [1.807, 2.05) is 151 Å². The first kappa shape index (κ1) is 85.7. The summed E-state index contributed by atoms with van der Waals surface area (Å²) in [5.41, 5.74) is 10.0. The molecular weight excluding hydrogens is 1510 g/mol. The molecule has 0 radical (unpaired) electrons. The lowest BCUT2D eigenvalue weighted by atomic mass is 9.90. The van der Waals surface area contributed by atoms with Gasteiger partial charge in [-0.1, -0.05) is 244 Å². The molecule has 574 valence electrons. The molecule has 0 atom stereocenters. The molecule has 13 rings (SSSR count). The normalized spacial score (nSPS) is 11.2. The Hall–Kier alpha value is -8.93. The maximum Gasteiger partial charge on any atom is 0.500 e. The molecule has 0 spiro atoms. The minimum absolute atomic E-state index is 0.0852. The van der Waals surface area contributed by atoms with E-state index in [0.717, 1.165) is 83.0 Å². The van der Waals surface area contributed by atoms with Crippen LogP contribution in [0.15, 0.2) is 237 Å². The number of carbonyl (C=O) groups excluding carboxylic acids is 2. The highest BCUT2D eigenvalue weighted by atomic mass is 127. The number of imidazole rings is 1. The Morgan fingerprint density at radius 2 is 0.798 bits per heavy atom. The molecule has 12 aromatic carbocycles. The van der Waals surface area contributed by atoms with Crippen LogP contribution in [0, 0.1) is 18.3 Å². The van der Waals surface area contributed by atoms with Gasteiger partial charge in [-0.3, -0.25) is 0 Å². The third-order valence-electron chi connectivity index (χ3n) is 17.7. The summed E-state index contributed by atoms with van der Waals surface area (Å²) in [5, 5.41) is 31.4. The fourth-order valence-electron chi connectivity index (χ4n) is 13.1. The first-order chi connectivity index (χ1) is 53.5. The number of aromatic nitrogens is 2. The predicted octanol–water partition coefficient (Wildman–Crippen LogP) is 22.3. The van der Waals surface area contributed by atoms with E-state index in [9.17, 15) is 14.7 Å². The largest absolute Gasteiger partial charge is 0.500 e. The van der Waals surface area contributed by atoms with Crippen molar-refractivity contribution in [2.45, 2.75) is 120 Å². The van der Waals surface area contributed by atoms with Crippen molar-refractivity contribution >= 4 is 139 Å². The fraction of sp³-hybridized carbons (Fsp3) is 0.308. The number of alkyl halides is 1. The number of alkyl carbamates (subject to hydrolysis) is 1. The van der Waals surface area contributed by atoms with Crippen LogP contribution in [0.2, 0.25) is 12.1 Å². The molecule has 109 heavy (non-hydrogen) atoms. The highest BCUT2D eigenvalue weighted by Crippen LogP contribution is 2.35. The number of ether oxygens (including phenoxy) is 2. The topological polar surface area (TPSA) is 184 Å². The van der Waals surface area contributed by atoms with Gasteiger partial charge in [0.25, 0.3) is 0 Å². The van der Waals surface area contributed by atoms with Gasteiger partial charge < -0.3 is 52.2 Å². The summed E-state index contributed by atoms with van der Waals surface area (Å²) in [6.45, 7) is 25.4. The second-order valence-corrected chi connectivity index (χ2v) is 31.2. The van der Waals surface area contributed by atoms with Gasteiger partial charge in [-0.15, -0.1) is 12.3 Å². The van der Waals surface area contributed by atoms with Gasteiger partial charge in [0.1, 0.15) is 19.5 Å². The highest BCUT2D eigenvalue weighted by molar-refractivity contribution is 14.1. The number of fused-ring (bicyclic) bond motifs is 8. The number of nitrogens with one attached hydrogen (secondary N) is 1. The minimum atomic E-state index is -2.69. The average Bonchev–Trinajstić information content (AvgIpc) is 0.841. The average molecular weight is 1620 g/mol. The Morgan fingerprint density at radius 3 is 1.08 bits per heavy atom. The van der Waals surface area contributed by atoms with Crippen LogP contribution in [-0.2, 0) is 55.9 Å². The minimum Gasteiger partial charge on any atom is -0.445 e. The lowest BCUT2D eigenvalue weighted by molar-refractivity contribution is 0.0700. The Labute approximate surface area is 662 Å². The van der Waals surface area contributed by atoms with Crippen LogP contribution in [0.25, 0.3) is 86.2 Å². The maximum atomic E-state index is 12.4. The number of amides is 1. The lowest BCUT2D eigenvalue weighted by Crippen LogP contribution is -2.46. The molecule has 1 amide bonds. The summed E-state index contributed by atoms with van der Waals surface area (Å²) >= 11 is 1.96. The SMILES string of the molecule is C#CC(C)C.CC(C)c1c2ccccc2cc2ccccc12.CCO[Si](CCCN)(OCC)OCC.CCO[Si](CCCNC(=O)OCc1c2ccccc2cc2ccccc12)(OCC)OCC.O=C(OCc1c2ccccc2cc2ccccc12)n1ccnc1.OCc1c2ccccc2cc2ccccc12.[2H]CI. The molecule has 0 saturated carbocycles. The molecular formula is C91H109IN4O11Si2. The van der Waals surface area contributed by atoms with E-state index in [0.29, 0.717) is 81.9 Å². The number of nitrogens with zero attached hydrogens (tertiary/aromatic N) is 2. The Balaban J connectivity index is 0.000000192. The van der Waals surface area contributed by atoms with Crippen molar-refractivity contribution in [2.24, 2.45) is 11.7 Å². The molecule has 1 heterocycles. The molecule has 4 N–H and O–H groups in total. The zero-order valence-corrected chi connectivity index (χ0v) is 69.1. The van der Waals surface area contributed by atoms with Gasteiger partial charge in [0.2, 0.25) is 0 Å². The number of benzene rings is 12. The number of terminal acetylenes is 1. The first-order valence-electron chi connectivity index (χ1n) is 38.4. The van der Waals surface area contributed by atoms with Gasteiger partial charge in [-0.05, 0) is 193 Å². The van der Waals surface area contributed by atoms with Crippen molar-refractivity contribution in [2.75, 3.05) is 57.6 Å². The third kappa shape index (κ3) is 25.0. The van der Waals surface area contributed by atoms with Crippen LogP contribution in [-0.4, -0.2) is 102 Å². The van der Waals surface area contributed by atoms with Crippen molar-refractivity contribution in [3.8, 4) is 12.3 Å². The highest BCUT2D eigenvalue weighted by Gasteiger charge is 2.40. The van der Waals surface area contributed by atoms with Gasteiger partial charge in [0, 0.05) is 89.1 Å². The fourth-order valence-corrected chi connectivity index (χ4v) is 18.3. The van der Waals surface area contributed by atoms with E-state index in [4.69, 9.17) is 49.6 Å². The molecule has 18 heteroatoms. The predicted molar refractivity (Wildman–Crippen MR) is 465 cm³/mol. The number of nitrogens with two attached hydrogens (primary N) is 1. The monoisotopic (exact) mass is 1620 g/mol. The zero-order chi connectivity index (χ0) is 79.1. The van der Waals surface area contributed by atoms with Crippen molar-refractivity contribution in [3.63, 3.8) is 0 Å². The van der Waals surface area contributed by atoms with Crippen LogP contribution in [0.4, 0.5) is 9.59 Å². The van der Waals surface area contributed by atoms with Gasteiger partial charge in [-0.2, -0.15) is 0 Å². The molecule has 1 aromatic heterocycles. The van der Waals surface area contributed by atoms with Crippen molar-refractivity contribution in [3.05, 3.63) is 259 Å². The lowest BCUT2D eigenvalue weighted by Gasteiger charge is -2.28. The first-order valence-corrected chi connectivity index (χ1v) is 43.0. The molecule has 0 aliphatic heterocycles. The van der Waals surface area contributed by atoms with Crippen LogP contribution in [0.3, 0.4) is 0 Å². The van der Waals surface area contributed by atoms with Crippen molar-refractivity contribution < 1.29 is 52.1 Å². The van der Waals surface area contributed by atoms with Crippen LogP contribution >= 0.6 is 22.6 Å². The quantitative estimate of drug-likeness (QED) is 0.0123. The summed E-state index contributed by atoms with van der Waals surface area (Å²) in [5.74, 6) is 3.49. The molecule has 0 fully saturated rings. The van der Waals surface area contributed by atoms with Gasteiger partial charge in [0.15, 0.2) is 0 Å².